The SMILES string of the molecule is O=C1CNC(c2nnc3ccccn23)=C1c1cn2c3c(cc(F)cc13)CN(C(=O)N1CCCCC1)CC2. The van der Waals surface area contributed by atoms with Crippen LogP contribution in [-0.4, -0.2) is 67.0 Å². The third kappa shape index (κ3) is 3.50. The number of aromatic nitrogens is 4. The van der Waals surface area contributed by atoms with Gasteiger partial charge in [-0.2, -0.15) is 0 Å². The molecule has 3 aromatic heterocycles. The zero-order valence-corrected chi connectivity index (χ0v) is 20.3. The fourth-order valence-electron chi connectivity index (χ4n) is 5.92. The molecule has 37 heavy (non-hydrogen) atoms. The lowest BCUT2D eigenvalue weighted by molar-refractivity contribution is -0.112. The van der Waals surface area contributed by atoms with E-state index in [9.17, 15) is 9.59 Å². The number of amides is 2. The third-order valence-electron chi connectivity index (χ3n) is 7.65. The number of rotatable bonds is 2. The minimum absolute atomic E-state index is 0.0157. The van der Waals surface area contributed by atoms with E-state index in [1.807, 2.05) is 44.8 Å². The van der Waals surface area contributed by atoms with Crippen molar-refractivity contribution in [3.63, 3.8) is 0 Å². The van der Waals surface area contributed by atoms with E-state index >= 15 is 4.39 Å². The number of ketones is 1. The quantitative estimate of drug-likeness (QED) is 0.457. The molecule has 188 valence electrons. The highest BCUT2D eigenvalue weighted by molar-refractivity contribution is 6.33. The molecule has 0 radical (unpaired) electrons. The Morgan fingerprint density at radius 3 is 2.73 bits per heavy atom. The number of benzene rings is 1. The van der Waals surface area contributed by atoms with Gasteiger partial charge in [0.05, 0.1) is 23.3 Å². The Balaban J connectivity index is 1.34. The molecule has 0 spiro atoms. The summed E-state index contributed by atoms with van der Waals surface area (Å²) in [6, 6.07) is 8.64. The number of halogens is 1. The van der Waals surface area contributed by atoms with Crippen LogP contribution in [0.3, 0.4) is 0 Å². The summed E-state index contributed by atoms with van der Waals surface area (Å²) in [5.74, 6) is 0.0770. The topological polar surface area (TPSA) is 87.8 Å². The molecular formula is C27H26FN7O2. The summed E-state index contributed by atoms with van der Waals surface area (Å²) >= 11 is 0. The maximum atomic E-state index is 15.0. The molecule has 3 aliphatic heterocycles. The van der Waals surface area contributed by atoms with Crippen LogP contribution < -0.4 is 5.32 Å². The van der Waals surface area contributed by atoms with Gasteiger partial charge >= 0.3 is 6.03 Å². The number of hydrogen-bond donors (Lipinski definition) is 1. The van der Waals surface area contributed by atoms with Gasteiger partial charge in [-0.05, 0) is 49.1 Å². The van der Waals surface area contributed by atoms with Gasteiger partial charge in [-0.1, -0.05) is 6.07 Å². The number of piperidine rings is 1. The number of pyridine rings is 1. The van der Waals surface area contributed by atoms with Gasteiger partial charge in [-0.25, -0.2) is 9.18 Å². The molecular weight excluding hydrogens is 473 g/mol. The van der Waals surface area contributed by atoms with Crippen LogP contribution in [-0.2, 0) is 17.9 Å². The van der Waals surface area contributed by atoms with Gasteiger partial charge in [-0.3, -0.25) is 9.20 Å². The standard InChI is InChI=1S/C27H26FN7O2/c28-18-12-17-15-34(27(37)32-7-3-1-4-8-32)11-10-33-16-20(19(13-18)25(17)33)23-21(36)14-29-24(23)26-31-30-22-6-2-5-9-35(22)26/h2,5-6,9,12-13,16,29H,1,3-4,7-8,10-11,14-15H2. The highest BCUT2D eigenvalue weighted by Gasteiger charge is 2.32. The molecule has 1 aromatic carbocycles. The van der Waals surface area contributed by atoms with Crippen molar-refractivity contribution in [3.8, 4) is 0 Å². The van der Waals surface area contributed by atoms with Crippen LogP contribution in [0, 0.1) is 5.82 Å². The van der Waals surface area contributed by atoms with Gasteiger partial charge in [-0.15, -0.1) is 10.2 Å². The van der Waals surface area contributed by atoms with Crippen LogP contribution in [0.4, 0.5) is 9.18 Å². The van der Waals surface area contributed by atoms with E-state index in [2.05, 4.69) is 20.1 Å². The molecule has 1 saturated heterocycles. The van der Waals surface area contributed by atoms with Crippen molar-refractivity contribution in [2.45, 2.75) is 32.4 Å². The molecule has 4 aromatic rings. The molecule has 2 amide bonds. The third-order valence-corrected chi connectivity index (χ3v) is 7.65. The molecule has 0 bridgehead atoms. The summed E-state index contributed by atoms with van der Waals surface area (Å²) in [7, 11) is 0. The summed E-state index contributed by atoms with van der Waals surface area (Å²) in [4.78, 5) is 30.2. The molecule has 0 aliphatic carbocycles. The molecule has 7 rings (SSSR count). The number of carbonyl (C=O) groups is 2. The Bertz CT molecular complexity index is 1610. The second-order valence-corrected chi connectivity index (χ2v) is 9.93. The van der Waals surface area contributed by atoms with E-state index < -0.39 is 0 Å². The maximum absolute atomic E-state index is 15.0. The summed E-state index contributed by atoms with van der Waals surface area (Å²) in [6.45, 7) is 3.09. The maximum Gasteiger partial charge on any atom is 0.320 e. The average Bonchev–Trinajstić information content (AvgIpc) is 3.57. The Hall–Kier alpha value is -4.21. The van der Waals surface area contributed by atoms with Crippen LogP contribution in [0.25, 0.3) is 27.8 Å². The van der Waals surface area contributed by atoms with E-state index in [0.717, 1.165) is 43.4 Å². The van der Waals surface area contributed by atoms with Gasteiger partial charge in [0.1, 0.15) is 5.82 Å². The fraction of sp³-hybridized carbons (Fsp3) is 0.333. The smallest absolute Gasteiger partial charge is 0.320 e. The summed E-state index contributed by atoms with van der Waals surface area (Å²) < 4.78 is 18.9. The van der Waals surface area contributed by atoms with Gasteiger partial charge in [0.2, 0.25) is 0 Å². The fourth-order valence-corrected chi connectivity index (χ4v) is 5.92. The Labute approximate surface area is 212 Å². The van der Waals surface area contributed by atoms with E-state index in [4.69, 9.17) is 0 Å². The molecule has 0 atom stereocenters. The lowest BCUT2D eigenvalue weighted by atomic mass is 9.99. The zero-order valence-electron chi connectivity index (χ0n) is 20.3. The van der Waals surface area contributed by atoms with E-state index in [-0.39, 0.29) is 24.2 Å². The van der Waals surface area contributed by atoms with E-state index in [1.54, 1.807) is 0 Å². The van der Waals surface area contributed by atoms with Gasteiger partial charge in [0, 0.05) is 56.1 Å². The van der Waals surface area contributed by atoms with Crippen LogP contribution >= 0.6 is 0 Å². The van der Waals surface area contributed by atoms with Crippen LogP contribution in [0.2, 0.25) is 0 Å². The number of fused-ring (bicyclic) bond motifs is 1. The molecule has 0 saturated carbocycles. The van der Waals surface area contributed by atoms with Gasteiger partial charge < -0.3 is 19.7 Å². The number of nitrogens with zero attached hydrogens (tertiary/aromatic N) is 6. The molecule has 6 heterocycles. The van der Waals surface area contributed by atoms with Crippen molar-refractivity contribution in [2.75, 3.05) is 26.2 Å². The molecule has 0 unspecified atom stereocenters. The first kappa shape index (κ1) is 22.0. The van der Waals surface area contributed by atoms with Crippen LogP contribution in [0.1, 0.15) is 36.2 Å². The monoisotopic (exact) mass is 499 g/mol. The van der Waals surface area contributed by atoms with Gasteiger partial charge in [0.25, 0.3) is 0 Å². The first-order chi connectivity index (χ1) is 18.1. The molecule has 9 nitrogen and oxygen atoms in total. The molecule has 1 fully saturated rings. The summed E-state index contributed by atoms with van der Waals surface area (Å²) in [5, 5.41) is 12.4. The predicted octanol–water partition coefficient (Wildman–Crippen LogP) is 3.29. The first-order valence-corrected chi connectivity index (χ1v) is 12.8. The number of hydrogen-bond acceptors (Lipinski definition) is 5. The second kappa shape index (κ2) is 8.43. The molecule has 3 aliphatic rings. The van der Waals surface area contributed by atoms with Crippen LogP contribution in [0.15, 0.2) is 42.7 Å². The summed E-state index contributed by atoms with van der Waals surface area (Å²) in [5.41, 5.74) is 4.03. The van der Waals surface area contributed by atoms with Crippen molar-refractivity contribution in [1.29, 1.82) is 0 Å². The first-order valence-electron chi connectivity index (χ1n) is 12.8. The zero-order chi connectivity index (χ0) is 25.1. The molecule has 10 heteroatoms. The normalized spacial score (nSPS) is 18.1. The second-order valence-electron chi connectivity index (χ2n) is 9.93. The number of carbonyl (C=O) groups excluding carboxylic acids is 2. The Morgan fingerprint density at radius 1 is 1.00 bits per heavy atom. The highest BCUT2D eigenvalue weighted by atomic mass is 19.1. The van der Waals surface area contributed by atoms with E-state index in [1.165, 1.54) is 12.1 Å². The lowest BCUT2D eigenvalue weighted by Gasteiger charge is -2.32. The largest absolute Gasteiger partial charge is 0.374 e. The number of likely N-dealkylation sites (tertiary alicyclic amines) is 1. The van der Waals surface area contributed by atoms with Crippen molar-refractivity contribution >= 4 is 39.6 Å². The Morgan fingerprint density at radius 2 is 1.86 bits per heavy atom. The van der Waals surface area contributed by atoms with Crippen molar-refractivity contribution in [2.24, 2.45) is 0 Å². The van der Waals surface area contributed by atoms with Crippen molar-refractivity contribution < 1.29 is 14.0 Å². The van der Waals surface area contributed by atoms with Gasteiger partial charge in [0.15, 0.2) is 17.3 Å². The number of urea groups is 1. The highest BCUT2D eigenvalue weighted by Crippen LogP contribution is 2.37. The number of Topliss-reactive ketones (excluding diaryl/α,β-unsaturated/α-hetero) is 1. The van der Waals surface area contributed by atoms with Crippen molar-refractivity contribution in [1.82, 2.24) is 34.3 Å². The number of nitrogens with one attached hydrogen (secondary N) is 1. The van der Waals surface area contributed by atoms with Crippen LogP contribution in [0.5, 0.6) is 0 Å². The Kier molecular flexibility index (Phi) is 5.02. The molecule has 1 N–H and O–H groups in total. The predicted molar refractivity (Wildman–Crippen MR) is 136 cm³/mol. The van der Waals surface area contributed by atoms with Crippen molar-refractivity contribution in [3.05, 3.63) is 65.5 Å². The minimum Gasteiger partial charge on any atom is -0.374 e. The van der Waals surface area contributed by atoms with E-state index in [0.29, 0.717) is 53.3 Å². The average molecular weight is 500 g/mol. The lowest BCUT2D eigenvalue weighted by Crippen LogP contribution is -2.45. The minimum atomic E-state index is -0.387. The summed E-state index contributed by atoms with van der Waals surface area (Å²) in [6.07, 6.45) is 6.97.